The number of hydrogen-bond donors (Lipinski definition) is 2. The quantitative estimate of drug-likeness (QED) is 0.740. The summed E-state index contributed by atoms with van der Waals surface area (Å²) in [5, 5.41) is 12.9. The second-order valence-electron chi connectivity index (χ2n) is 7.76. The first-order chi connectivity index (χ1) is 14.1. The number of amides is 1. The average molecular weight is 393 g/mol. The van der Waals surface area contributed by atoms with E-state index in [9.17, 15) is 9.90 Å². The van der Waals surface area contributed by atoms with Crippen molar-refractivity contribution in [1.82, 2.24) is 10.3 Å². The van der Waals surface area contributed by atoms with Crippen molar-refractivity contribution in [2.24, 2.45) is 4.99 Å². The molecule has 0 saturated carbocycles. The monoisotopic (exact) mass is 392 g/mol. The van der Waals surface area contributed by atoms with Crippen molar-refractivity contribution in [2.75, 3.05) is 18.1 Å². The first kappa shape index (κ1) is 19.6. The SMILES string of the molecule is CC/C(=N\[C@H](CO)c1ccccc1)c1nc(N2CCC[C@H]2C)cc2c1CNC2=O. The van der Waals surface area contributed by atoms with Gasteiger partial charge in [0.2, 0.25) is 0 Å². The number of hydrogen-bond acceptors (Lipinski definition) is 5. The van der Waals surface area contributed by atoms with Gasteiger partial charge in [-0.2, -0.15) is 0 Å². The van der Waals surface area contributed by atoms with Crippen molar-refractivity contribution < 1.29 is 9.90 Å². The van der Waals surface area contributed by atoms with E-state index in [1.165, 1.54) is 0 Å². The van der Waals surface area contributed by atoms with E-state index < -0.39 is 0 Å². The number of carbonyl (C=O) groups excluding carboxylic acids is 1. The molecule has 0 spiro atoms. The van der Waals surface area contributed by atoms with Crippen molar-refractivity contribution in [1.29, 1.82) is 0 Å². The topological polar surface area (TPSA) is 77.8 Å². The van der Waals surface area contributed by atoms with Crippen LogP contribution in [0.25, 0.3) is 0 Å². The highest BCUT2D eigenvalue weighted by Crippen LogP contribution is 2.30. The van der Waals surface area contributed by atoms with E-state index in [1.807, 2.05) is 43.3 Å². The van der Waals surface area contributed by atoms with E-state index in [4.69, 9.17) is 9.98 Å². The lowest BCUT2D eigenvalue weighted by Gasteiger charge is -2.24. The number of anilines is 1. The van der Waals surface area contributed by atoms with Gasteiger partial charge in [0.25, 0.3) is 5.91 Å². The van der Waals surface area contributed by atoms with E-state index in [0.29, 0.717) is 24.6 Å². The number of aliphatic hydroxyl groups is 1. The van der Waals surface area contributed by atoms with Crippen LogP contribution in [0, 0.1) is 0 Å². The number of benzene rings is 1. The van der Waals surface area contributed by atoms with Gasteiger partial charge in [0, 0.05) is 24.7 Å². The molecule has 2 N–H and O–H groups in total. The molecule has 3 heterocycles. The average Bonchev–Trinajstić information content (AvgIpc) is 3.35. The van der Waals surface area contributed by atoms with Crippen LogP contribution in [0.5, 0.6) is 0 Å². The van der Waals surface area contributed by atoms with E-state index in [-0.39, 0.29) is 18.6 Å². The Labute approximate surface area is 171 Å². The second kappa shape index (κ2) is 8.33. The molecule has 2 aliphatic rings. The summed E-state index contributed by atoms with van der Waals surface area (Å²) in [6.07, 6.45) is 2.95. The summed E-state index contributed by atoms with van der Waals surface area (Å²) in [4.78, 5) is 24.6. The minimum absolute atomic E-state index is 0.0472. The molecule has 0 unspecified atom stereocenters. The Morgan fingerprint density at radius 1 is 1.38 bits per heavy atom. The van der Waals surface area contributed by atoms with E-state index in [2.05, 4.69) is 17.1 Å². The molecular weight excluding hydrogens is 364 g/mol. The summed E-state index contributed by atoms with van der Waals surface area (Å²) in [5.74, 6) is 0.802. The maximum Gasteiger partial charge on any atom is 0.252 e. The summed E-state index contributed by atoms with van der Waals surface area (Å²) in [5.41, 5.74) is 4.19. The number of rotatable bonds is 6. The molecule has 6 heteroatoms. The highest BCUT2D eigenvalue weighted by molar-refractivity contribution is 6.06. The zero-order valence-electron chi connectivity index (χ0n) is 17.1. The van der Waals surface area contributed by atoms with Crippen LogP contribution in [0.1, 0.15) is 66.3 Å². The minimum Gasteiger partial charge on any atom is -0.394 e. The van der Waals surface area contributed by atoms with Crippen LogP contribution >= 0.6 is 0 Å². The van der Waals surface area contributed by atoms with Gasteiger partial charge < -0.3 is 15.3 Å². The van der Waals surface area contributed by atoms with Crippen LogP contribution < -0.4 is 10.2 Å². The zero-order valence-corrected chi connectivity index (χ0v) is 17.1. The predicted molar refractivity (Wildman–Crippen MR) is 115 cm³/mol. The summed E-state index contributed by atoms with van der Waals surface area (Å²) >= 11 is 0. The number of nitrogens with one attached hydrogen (secondary N) is 1. The van der Waals surface area contributed by atoms with Crippen molar-refractivity contribution in [3.63, 3.8) is 0 Å². The molecule has 4 rings (SSSR count). The Morgan fingerprint density at radius 3 is 2.83 bits per heavy atom. The zero-order chi connectivity index (χ0) is 20.4. The van der Waals surface area contributed by atoms with Crippen molar-refractivity contribution in [3.05, 3.63) is 58.8 Å². The second-order valence-corrected chi connectivity index (χ2v) is 7.76. The molecule has 1 aromatic carbocycles. The van der Waals surface area contributed by atoms with Crippen LogP contribution in [0.15, 0.2) is 41.4 Å². The maximum absolute atomic E-state index is 12.4. The molecule has 1 amide bonds. The minimum atomic E-state index is -0.344. The molecule has 1 aromatic heterocycles. The van der Waals surface area contributed by atoms with Gasteiger partial charge in [-0.1, -0.05) is 37.3 Å². The molecule has 2 atom stereocenters. The number of aliphatic imine (C=N–C) groups is 1. The van der Waals surface area contributed by atoms with Gasteiger partial charge in [0.05, 0.1) is 29.6 Å². The Morgan fingerprint density at radius 2 is 2.17 bits per heavy atom. The van der Waals surface area contributed by atoms with Crippen LogP contribution in [-0.2, 0) is 6.54 Å². The highest BCUT2D eigenvalue weighted by atomic mass is 16.3. The predicted octanol–water partition coefficient (Wildman–Crippen LogP) is 3.25. The normalized spacial score (nSPS) is 20.0. The Kier molecular flexibility index (Phi) is 5.62. The lowest BCUT2D eigenvalue weighted by Crippen LogP contribution is -2.28. The van der Waals surface area contributed by atoms with E-state index in [1.54, 1.807) is 0 Å². The molecule has 1 saturated heterocycles. The molecule has 1 fully saturated rings. The number of fused-ring (bicyclic) bond motifs is 1. The molecule has 6 nitrogen and oxygen atoms in total. The molecule has 2 aliphatic heterocycles. The largest absolute Gasteiger partial charge is 0.394 e. The fourth-order valence-corrected chi connectivity index (χ4v) is 4.27. The fraction of sp³-hybridized carbons (Fsp3) is 0.435. The van der Waals surface area contributed by atoms with E-state index in [0.717, 1.165) is 47.7 Å². The third-order valence-electron chi connectivity index (χ3n) is 5.91. The molecule has 29 heavy (non-hydrogen) atoms. The van der Waals surface area contributed by atoms with Crippen LogP contribution in [0.4, 0.5) is 5.82 Å². The van der Waals surface area contributed by atoms with Gasteiger partial charge in [0.1, 0.15) is 5.82 Å². The summed E-state index contributed by atoms with van der Waals surface area (Å²) < 4.78 is 0. The molecule has 0 bridgehead atoms. The van der Waals surface area contributed by atoms with Gasteiger partial charge in [-0.15, -0.1) is 0 Å². The lowest BCUT2D eigenvalue weighted by molar-refractivity contribution is 0.0965. The van der Waals surface area contributed by atoms with Gasteiger partial charge in [0.15, 0.2) is 0 Å². The lowest BCUT2D eigenvalue weighted by atomic mass is 10.0. The Balaban J connectivity index is 1.80. The number of aromatic nitrogens is 1. The highest BCUT2D eigenvalue weighted by Gasteiger charge is 2.29. The summed E-state index contributed by atoms with van der Waals surface area (Å²) in [6.45, 7) is 5.60. The standard InChI is InChI=1S/C23H28N4O2/c1-3-19(25-20(14-28)16-9-5-4-6-10-16)22-18-13-24-23(29)17(18)12-21(26-22)27-11-7-8-15(27)2/h4-6,9-10,12,15,20,28H,3,7-8,11,13-14H2,1-2H3,(H,24,29)/b25-19+/t15-,20-/m1/s1. The maximum atomic E-state index is 12.4. The van der Waals surface area contributed by atoms with Crippen molar-refractivity contribution in [3.8, 4) is 0 Å². The number of carbonyl (C=O) groups is 1. The Hall–Kier alpha value is -2.73. The first-order valence-corrected chi connectivity index (χ1v) is 10.4. The van der Waals surface area contributed by atoms with Gasteiger partial charge >= 0.3 is 0 Å². The smallest absolute Gasteiger partial charge is 0.252 e. The first-order valence-electron chi connectivity index (χ1n) is 10.4. The molecular formula is C23H28N4O2. The summed E-state index contributed by atoms with van der Waals surface area (Å²) in [7, 11) is 0. The summed E-state index contributed by atoms with van der Waals surface area (Å²) in [6, 6.07) is 11.8. The molecule has 2 aromatic rings. The van der Waals surface area contributed by atoms with Gasteiger partial charge in [-0.3, -0.25) is 9.79 Å². The molecule has 152 valence electrons. The van der Waals surface area contributed by atoms with E-state index >= 15 is 0 Å². The molecule has 0 radical (unpaired) electrons. The third kappa shape index (κ3) is 3.77. The van der Waals surface area contributed by atoms with Crippen molar-refractivity contribution >= 4 is 17.4 Å². The molecule has 0 aliphatic carbocycles. The number of pyridine rings is 1. The number of nitrogens with zero attached hydrogens (tertiary/aromatic N) is 3. The van der Waals surface area contributed by atoms with Gasteiger partial charge in [-0.25, -0.2) is 4.98 Å². The Bertz CT molecular complexity index is 926. The van der Waals surface area contributed by atoms with Crippen molar-refractivity contribution in [2.45, 2.75) is 51.7 Å². The van der Waals surface area contributed by atoms with Crippen LogP contribution in [0.2, 0.25) is 0 Å². The third-order valence-corrected chi connectivity index (χ3v) is 5.91. The van der Waals surface area contributed by atoms with Crippen LogP contribution in [0.3, 0.4) is 0 Å². The van der Waals surface area contributed by atoms with Crippen LogP contribution in [-0.4, -0.2) is 40.9 Å². The fourth-order valence-electron chi connectivity index (χ4n) is 4.27. The van der Waals surface area contributed by atoms with Gasteiger partial charge in [-0.05, 0) is 37.8 Å². The number of aliphatic hydroxyl groups excluding tert-OH is 1.